The van der Waals surface area contributed by atoms with Crippen LogP contribution >= 0.6 is 8.51 Å². The molecule has 0 nitrogen and oxygen atoms in total. The summed E-state index contributed by atoms with van der Waals surface area (Å²) in [7, 11) is 4.77. The van der Waals surface area contributed by atoms with E-state index in [1.54, 1.807) is 0 Å². The summed E-state index contributed by atoms with van der Waals surface area (Å²) in [5, 5.41) is 0. The SMILES string of the molecule is [CH]1[CH][CH][CH][CH]1.[CH]1[CH][CH][CH][CH]1.[Cl][ZrH]. The molecule has 2 fully saturated rings. The van der Waals surface area contributed by atoms with E-state index in [0.29, 0.717) is 0 Å². The molecule has 0 N–H and O–H groups in total. The minimum absolute atomic E-state index is 0.822. The molecule has 2 rings (SSSR count). The molecule has 0 saturated heterocycles. The summed E-state index contributed by atoms with van der Waals surface area (Å²) in [6.07, 6.45) is 20.0. The van der Waals surface area contributed by atoms with Gasteiger partial charge in [0, 0.05) is 0 Å². The molecule has 0 aliphatic heterocycles. The van der Waals surface area contributed by atoms with E-state index in [0.717, 1.165) is 23.5 Å². The van der Waals surface area contributed by atoms with E-state index in [2.05, 4.69) is 0 Å². The van der Waals surface area contributed by atoms with E-state index in [4.69, 9.17) is 8.51 Å². The van der Waals surface area contributed by atoms with Crippen molar-refractivity contribution in [2.45, 2.75) is 0 Å². The van der Waals surface area contributed by atoms with Crippen LogP contribution in [0.3, 0.4) is 0 Å². The van der Waals surface area contributed by atoms with Gasteiger partial charge in [0.25, 0.3) is 0 Å². The number of hydrogen-bond donors (Lipinski definition) is 0. The predicted octanol–water partition coefficient (Wildman–Crippen LogP) is 2.46. The number of hydrogen-bond acceptors (Lipinski definition) is 0. The molecule has 0 aromatic rings. The Hall–Kier alpha value is 1.17. The third-order valence-electron chi connectivity index (χ3n) is 1.11. The van der Waals surface area contributed by atoms with E-state index >= 15 is 0 Å². The minimum atomic E-state index is 0.822. The molecule has 2 heteroatoms. The number of rotatable bonds is 0. The molecule has 0 bridgehead atoms. The van der Waals surface area contributed by atoms with Crippen molar-refractivity contribution < 1.29 is 23.5 Å². The van der Waals surface area contributed by atoms with Gasteiger partial charge in [-0.2, -0.15) is 0 Å². The predicted molar refractivity (Wildman–Crippen MR) is 50.2 cm³/mol. The van der Waals surface area contributed by atoms with Gasteiger partial charge in [-0.25, -0.2) is 0 Å². The second-order valence-corrected chi connectivity index (χ2v) is 1.92. The van der Waals surface area contributed by atoms with Crippen molar-refractivity contribution in [1.29, 1.82) is 0 Å². The van der Waals surface area contributed by atoms with Gasteiger partial charge in [-0.05, 0) is 64.2 Å². The standard InChI is InChI=1S/2C5H5.ClH.Zr.H/c2*1-2-4-5-3-1;;;/h2*1-5H;1H;;/q;;;+1;/p-1. The fourth-order valence-electron chi connectivity index (χ4n) is 0.642. The molecule has 0 aromatic carbocycles. The van der Waals surface area contributed by atoms with Gasteiger partial charge < -0.3 is 0 Å². The molecule has 0 amide bonds. The van der Waals surface area contributed by atoms with Gasteiger partial charge in [0.1, 0.15) is 0 Å². The van der Waals surface area contributed by atoms with E-state index in [1.165, 1.54) is 0 Å². The van der Waals surface area contributed by atoms with Crippen LogP contribution in [-0.4, -0.2) is 0 Å². The van der Waals surface area contributed by atoms with Crippen LogP contribution < -0.4 is 0 Å². The monoisotopic (exact) mass is 256 g/mol. The molecular weight excluding hydrogens is 247 g/mol. The first kappa shape index (κ1) is 13.2. The molecule has 2 aliphatic carbocycles. The number of halogens is 1. The van der Waals surface area contributed by atoms with Crippen molar-refractivity contribution in [1.82, 2.24) is 0 Å². The molecule has 0 atom stereocenters. The van der Waals surface area contributed by atoms with E-state index in [-0.39, 0.29) is 0 Å². The van der Waals surface area contributed by atoms with E-state index in [1.807, 2.05) is 64.2 Å². The Morgan fingerprint density at radius 2 is 0.500 bits per heavy atom. The van der Waals surface area contributed by atoms with Crippen molar-refractivity contribution in [3.05, 3.63) is 64.2 Å². The Morgan fingerprint density at radius 1 is 0.417 bits per heavy atom. The molecule has 2 saturated carbocycles. The van der Waals surface area contributed by atoms with Crippen LogP contribution in [0.1, 0.15) is 0 Å². The van der Waals surface area contributed by atoms with Crippen LogP contribution in [0.15, 0.2) is 0 Å². The van der Waals surface area contributed by atoms with Crippen LogP contribution in [0.5, 0.6) is 0 Å². The third-order valence-corrected chi connectivity index (χ3v) is 1.11. The topological polar surface area (TPSA) is 0 Å². The maximum absolute atomic E-state index is 4.77. The molecular formula is C10H11ClZr. The van der Waals surface area contributed by atoms with Gasteiger partial charge in [-0.3, -0.25) is 0 Å². The molecule has 0 heterocycles. The van der Waals surface area contributed by atoms with Gasteiger partial charge in [0.2, 0.25) is 0 Å². The Labute approximate surface area is 95.8 Å². The maximum atomic E-state index is 4.77. The van der Waals surface area contributed by atoms with E-state index in [9.17, 15) is 0 Å². The summed E-state index contributed by atoms with van der Waals surface area (Å²) in [4.78, 5) is 0. The summed E-state index contributed by atoms with van der Waals surface area (Å²) in [6.45, 7) is 0. The molecule has 0 aromatic heterocycles. The molecule has 10 radical (unpaired) electrons. The molecule has 0 unspecified atom stereocenters. The van der Waals surface area contributed by atoms with Crippen LogP contribution in [0.2, 0.25) is 0 Å². The Kier molecular flexibility index (Phi) is 13.4. The molecule has 62 valence electrons. The van der Waals surface area contributed by atoms with Gasteiger partial charge in [-0.15, -0.1) is 0 Å². The Morgan fingerprint density at radius 3 is 0.583 bits per heavy atom. The summed E-state index contributed by atoms with van der Waals surface area (Å²) in [6, 6.07) is 0. The van der Waals surface area contributed by atoms with Crippen molar-refractivity contribution in [2.75, 3.05) is 0 Å². The van der Waals surface area contributed by atoms with Crippen molar-refractivity contribution >= 4 is 8.51 Å². The van der Waals surface area contributed by atoms with Crippen LogP contribution in [0.4, 0.5) is 0 Å². The van der Waals surface area contributed by atoms with Gasteiger partial charge >= 0.3 is 32.0 Å². The average Bonchev–Trinajstić information content (AvgIpc) is 2.87. The Balaban J connectivity index is 0.000000168. The zero-order chi connectivity index (χ0) is 9.07. The van der Waals surface area contributed by atoms with Crippen LogP contribution in [0.25, 0.3) is 0 Å². The van der Waals surface area contributed by atoms with Gasteiger partial charge in [0.05, 0.1) is 0 Å². The second kappa shape index (κ2) is 12.2. The molecule has 0 spiro atoms. The van der Waals surface area contributed by atoms with E-state index < -0.39 is 0 Å². The van der Waals surface area contributed by atoms with Crippen molar-refractivity contribution in [2.24, 2.45) is 0 Å². The normalized spacial score (nSPS) is 20.4. The quantitative estimate of drug-likeness (QED) is 0.626. The molecule has 2 aliphatic rings. The first-order chi connectivity index (χ1) is 6.00. The van der Waals surface area contributed by atoms with Gasteiger partial charge in [0.15, 0.2) is 0 Å². The Bertz CT molecular complexity index is 43.0. The first-order valence-electron chi connectivity index (χ1n) is 3.55. The third kappa shape index (κ3) is 9.26. The zero-order valence-corrected chi connectivity index (χ0v) is 10.3. The summed E-state index contributed by atoms with van der Waals surface area (Å²) in [5.41, 5.74) is 0. The van der Waals surface area contributed by atoms with Crippen LogP contribution in [-0.2, 0) is 23.5 Å². The van der Waals surface area contributed by atoms with Crippen molar-refractivity contribution in [3.8, 4) is 0 Å². The first-order valence-corrected chi connectivity index (χ1v) is 7.21. The summed E-state index contributed by atoms with van der Waals surface area (Å²) < 4.78 is 0. The van der Waals surface area contributed by atoms with Gasteiger partial charge in [-0.1, -0.05) is 0 Å². The average molecular weight is 258 g/mol. The fourth-order valence-corrected chi connectivity index (χ4v) is 0.642. The van der Waals surface area contributed by atoms with Crippen molar-refractivity contribution in [3.63, 3.8) is 0 Å². The summed E-state index contributed by atoms with van der Waals surface area (Å²) in [5.74, 6) is 0. The summed E-state index contributed by atoms with van der Waals surface area (Å²) >= 11 is 0.822. The fraction of sp³-hybridized carbons (Fsp3) is 0. The molecule has 12 heavy (non-hydrogen) atoms. The van der Waals surface area contributed by atoms with Crippen LogP contribution in [0, 0.1) is 64.2 Å². The zero-order valence-electron chi connectivity index (χ0n) is 6.73. The second-order valence-electron chi connectivity index (χ2n) is 1.92.